The second-order valence-electron chi connectivity index (χ2n) is 3.58. The minimum absolute atomic E-state index is 0.168. The van der Waals surface area contributed by atoms with Crippen molar-refractivity contribution in [3.8, 4) is 0 Å². The van der Waals surface area contributed by atoms with Crippen LogP contribution in [0.5, 0.6) is 0 Å². The summed E-state index contributed by atoms with van der Waals surface area (Å²) in [5.74, 6) is 0.168. The Morgan fingerprint density at radius 1 is 1.50 bits per heavy atom. The van der Waals surface area contributed by atoms with Crippen molar-refractivity contribution in [3.63, 3.8) is 0 Å². The molecule has 0 atom stereocenters. The number of likely N-dealkylation sites (N-methyl/N-ethyl adjacent to an activating group) is 1. The number of rotatable bonds is 4. The highest BCUT2D eigenvalue weighted by molar-refractivity contribution is 7.98. The van der Waals surface area contributed by atoms with E-state index in [-0.39, 0.29) is 11.4 Å². The largest absolute Gasteiger partial charge is 0.306 e. The molecular weight excluding hydrogens is 172 g/mol. The second kappa shape index (κ2) is 2.92. The monoisotopic (exact) mass is 186 g/mol. The molecule has 0 unspecified atom stereocenters. The molecule has 12 heavy (non-hydrogen) atoms. The van der Waals surface area contributed by atoms with E-state index in [2.05, 4.69) is 10.0 Å². The molecule has 0 radical (unpaired) electrons. The lowest BCUT2D eigenvalue weighted by Gasteiger charge is -2.12. The maximum absolute atomic E-state index is 11.5. The average molecular weight is 186 g/mol. The van der Waals surface area contributed by atoms with Crippen LogP contribution < -0.4 is 10.0 Å². The van der Waals surface area contributed by atoms with E-state index in [1.165, 1.54) is 12.8 Å². The number of nitrogens with one attached hydrogen (secondary N) is 2. The maximum Gasteiger partial charge on any atom is 0.250 e. The van der Waals surface area contributed by atoms with Gasteiger partial charge in [0.2, 0.25) is 5.91 Å². The van der Waals surface area contributed by atoms with Gasteiger partial charge in [0.15, 0.2) is 0 Å². The van der Waals surface area contributed by atoms with E-state index in [1.54, 1.807) is 11.9 Å². The van der Waals surface area contributed by atoms with Crippen LogP contribution in [0, 0.1) is 0 Å². The first-order chi connectivity index (χ1) is 5.77. The highest BCUT2D eigenvalue weighted by atomic mass is 32.2. The first-order valence-electron chi connectivity index (χ1n) is 4.42. The molecule has 0 aromatic carbocycles. The predicted molar refractivity (Wildman–Crippen MR) is 49.8 cm³/mol. The zero-order chi connectivity index (χ0) is 8.60. The van der Waals surface area contributed by atoms with E-state index >= 15 is 0 Å². The molecule has 1 amide bonds. The Morgan fingerprint density at radius 2 is 2.17 bits per heavy atom. The molecule has 0 aromatic heterocycles. The predicted octanol–water partition coefficient (Wildman–Crippen LogP) is 0.665. The molecule has 2 fully saturated rings. The lowest BCUT2D eigenvalue weighted by molar-refractivity contribution is -0.122. The molecule has 0 aliphatic heterocycles. The third kappa shape index (κ3) is 1.59. The molecule has 2 aliphatic rings. The van der Waals surface area contributed by atoms with E-state index < -0.39 is 0 Å². The van der Waals surface area contributed by atoms with Crippen molar-refractivity contribution in [3.05, 3.63) is 0 Å². The summed E-state index contributed by atoms with van der Waals surface area (Å²) in [6.45, 7) is 0. The van der Waals surface area contributed by atoms with Crippen molar-refractivity contribution >= 4 is 17.9 Å². The summed E-state index contributed by atoms with van der Waals surface area (Å²) in [5, 5.41) is 3.77. The van der Waals surface area contributed by atoms with Gasteiger partial charge in [-0.05, 0) is 44.7 Å². The summed E-state index contributed by atoms with van der Waals surface area (Å²) in [7, 11) is 1.86. The van der Waals surface area contributed by atoms with Crippen LogP contribution in [0.1, 0.15) is 25.7 Å². The fraction of sp³-hybridized carbons (Fsp3) is 0.875. The minimum Gasteiger partial charge on any atom is -0.306 e. The fourth-order valence-corrected chi connectivity index (χ4v) is 1.98. The van der Waals surface area contributed by atoms with Crippen LogP contribution in [0.4, 0.5) is 0 Å². The standard InChI is InChI=1S/C8H14N2OS/c1-9-8(4-5-8)7(11)10-12-6-2-3-6/h6,9H,2-5H2,1H3,(H,10,11). The number of carbonyl (C=O) groups is 1. The summed E-state index contributed by atoms with van der Waals surface area (Å²) in [5.41, 5.74) is -0.206. The van der Waals surface area contributed by atoms with Gasteiger partial charge in [0.25, 0.3) is 0 Å². The topological polar surface area (TPSA) is 41.1 Å². The summed E-state index contributed by atoms with van der Waals surface area (Å²) in [6, 6.07) is 0. The lowest BCUT2D eigenvalue weighted by Crippen LogP contribution is -2.42. The molecule has 0 heterocycles. The average Bonchev–Trinajstić information content (AvgIpc) is 2.95. The van der Waals surface area contributed by atoms with Gasteiger partial charge in [0.1, 0.15) is 0 Å². The molecular formula is C8H14N2OS. The summed E-state index contributed by atoms with van der Waals surface area (Å²) in [6.07, 6.45) is 4.50. The van der Waals surface area contributed by atoms with E-state index in [0.717, 1.165) is 12.8 Å². The van der Waals surface area contributed by atoms with Gasteiger partial charge in [-0.1, -0.05) is 0 Å². The Bertz CT molecular complexity index is 199. The number of hydrogen-bond acceptors (Lipinski definition) is 3. The van der Waals surface area contributed by atoms with Gasteiger partial charge in [-0.3, -0.25) is 9.52 Å². The maximum atomic E-state index is 11.5. The van der Waals surface area contributed by atoms with Crippen LogP contribution in [-0.4, -0.2) is 23.7 Å². The van der Waals surface area contributed by atoms with Crippen LogP contribution in [0.15, 0.2) is 0 Å². The summed E-state index contributed by atoms with van der Waals surface area (Å²) in [4.78, 5) is 11.5. The Labute approximate surface area is 76.8 Å². The van der Waals surface area contributed by atoms with E-state index in [0.29, 0.717) is 5.25 Å². The normalized spacial score (nSPS) is 25.1. The van der Waals surface area contributed by atoms with Crippen LogP contribution in [0.25, 0.3) is 0 Å². The van der Waals surface area contributed by atoms with Crippen LogP contribution >= 0.6 is 11.9 Å². The molecule has 4 heteroatoms. The van der Waals surface area contributed by atoms with Crippen LogP contribution in [0.3, 0.4) is 0 Å². The Hall–Kier alpha value is -0.220. The molecule has 2 N–H and O–H groups in total. The van der Waals surface area contributed by atoms with Crippen molar-refractivity contribution in [2.45, 2.75) is 36.5 Å². The van der Waals surface area contributed by atoms with Crippen LogP contribution in [0.2, 0.25) is 0 Å². The SMILES string of the molecule is CNC1(C(=O)NSC2CC2)CC1. The van der Waals surface area contributed by atoms with Gasteiger partial charge < -0.3 is 5.32 Å². The third-order valence-corrected chi connectivity index (χ3v) is 3.61. The first kappa shape index (κ1) is 8.38. The Morgan fingerprint density at radius 3 is 2.58 bits per heavy atom. The van der Waals surface area contributed by atoms with Crippen molar-refractivity contribution in [2.24, 2.45) is 0 Å². The van der Waals surface area contributed by atoms with Crippen molar-refractivity contribution < 1.29 is 4.79 Å². The highest BCUT2D eigenvalue weighted by Gasteiger charge is 2.48. The number of amides is 1. The summed E-state index contributed by atoms with van der Waals surface area (Å²) >= 11 is 1.59. The van der Waals surface area contributed by atoms with E-state index in [9.17, 15) is 4.79 Å². The summed E-state index contributed by atoms with van der Waals surface area (Å²) < 4.78 is 2.91. The fourth-order valence-electron chi connectivity index (χ4n) is 1.14. The molecule has 2 aliphatic carbocycles. The number of hydrogen-bond donors (Lipinski definition) is 2. The molecule has 0 aromatic rings. The van der Waals surface area contributed by atoms with Gasteiger partial charge >= 0.3 is 0 Å². The molecule has 68 valence electrons. The van der Waals surface area contributed by atoms with E-state index in [4.69, 9.17) is 0 Å². The van der Waals surface area contributed by atoms with Gasteiger partial charge in [0.05, 0.1) is 5.54 Å². The van der Waals surface area contributed by atoms with Gasteiger partial charge in [-0.2, -0.15) is 0 Å². The highest BCUT2D eigenvalue weighted by Crippen LogP contribution is 2.37. The third-order valence-electron chi connectivity index (χ3n) is 2.51. The Balaban J connectivity index is 1.75. The van der Waals surface area contributed by atoms with E-state index in [1.807, 2.05) is 7.05 Å². The molecule has 0 bridgehead atoms. The molecule has 0 spiro atoms. The Kier molecular flexibility index (Phi) is 2.04. The van der Waals surface area contributed by atoms with Gasteiger partial charge in [0, 0.05) is 5.25 Å². The van der Waals surface area contributed by atoms with Gasteiger partial charge in [-0.25, -0.2) is 0 Å². The van der Waals surface area contributed by atoms with Crippen LogP contribution in [-0.2, 0) is 4.79 Å². The van der Waals surface area contributed by atoms with Crippen molar-refractivity contribution in [1.29, 1.82) is 0 Å². The van der Waals surface area contributed by atoms with Crippen molar-refractivity contribution in [2.75, 3.05) is 7.05 Å². The molecule has 3 nitrogen and oxygen atoms in total. The zero-order valence-electron chi connectivity index (χ0n) is 7.22. The molecule has 2 rings (SSSR count). The first-order valence-corrected chi connectivity index (χ1v) is 5.30. The number of carbonyl (C=O) groups excluding carboxylic acids is 1. The lowest BCUT2D eigenvalue weighted by atomic mass is 10.3. The molecule has 2 saturated carbocycles. The smallest absolute Gasteiger partial charge is 0.250 e. The van der Waals surface area contributed by atoms with Gasteiger partial charge in [-0.15, -0.1) is 0 Å². The minimum atomic E-state index is -0.206. The second-order valence-corrected chi connectivity index (χ2v) is 4.69. The van der Waals surface area contributed by atoms with Crippen molar-refractivity contribution in [1.82, 2.24) is 10.0 Å². The molecule has 0 saturated heterocycles. The quantitative estimate of drug-likeness (QED) is 0.634. The zero-order valence-corrected chi connectivity index (χ0v) is 8.04.